The zero-order chi connectivity index (χ0) is 10.7. The number of nitrogens with two attached hydrogens (primary N) is 1. The van der Waals surface area contributed by atoms with Crippen LogP contribution in [0.2, 0.25) is 0 Å². The van der Waals surface area contributed by atoms with E-state index in [1.54, 1.807) is 6.92 Å². The molecule has 0 aliphatic carbocycles. The summed E-state index contributed by atoms with van der Waals surface area (Å²) in [6, 6.07) is 1.54. The van der Waals surface area contributed by atoms with Gasteiger partial charge in [-0.1, -0.05) is 12.2 Å². The number of thiophene rings is 1. The molecule has 0 saturated carbocycles. The maximum atomic E-state index is 11.6. The molecule has 0 bridgehead atoms. The summed E-state index contributed by atoms with van der Waals surface area (Å²) in [5.74, 6) is -0.160. The molecule has 76 valence electrons. The fourth-order valence-electron chi connectivity index (χ4n) is 0.789. The fourth-order valence-corrected chi connectivity index (χ4v) is 2.30. The number of rotatable bonds is 3. The SMILES string of the molecule is CC(NC(=O)c1sccc1Br)C(N)=S. The van der Waals surface area contributed by atoms with Crippen LogP contribution in [-0.4, -0.2) is 16.9 Å². The van der Waals surface area contributed by atoms with E-state index in [1.807, 2.05) is 11.4 Å². The van der Waals surface area contributed by atoms with Gasteiger partial charge in [-0.3, -0.25) is 4.79 Å². The van der Waals surface area contributed by atoms with E-state index in [0.29, 0.717) is 4.88 Å². The molecule has 14 heavy (non-hydrogen) atoms. The highest BCUT2D eigenvalue weighted by Gasteiger charge is 2.14. The van der Waals surface area contributed by atoms with Crippen LogP contribution in [0.4, 0.5) is 0 Å². The Morgan fingerprint density at radius 3 is 2.86 bits per heavy atom. The highest BCUT2D eigenvalue weighted by molar-refractivity contribution is 9.10. The molecule has 0 aliphatic heterocycles. The van der Waals surface area contributed by atoms with E-state index in [-0.39, 0.29) is 16.9 Å². The second-order valence-electron chi connectivity index (χ2n) is 2.70. The van der Waals surface area contributed by atoms with E-state index in [0.717, 1.165) is 4.47 Å². The Morgan fingerprint density at radius 2 is 2.43 bits per heavy atom. The molecule has 0 saturated heterocycles. The molecular formula is C8H9BrN2OS2. The third-order valence-corrected chi connectivity index (χ3v) is 3.79. The lowest BCUT2D eigenvalue weighted by Gasteiger charge is -2.11. The van der Waals surface area contributed by atoms with Crippen LogP contribution in [0.15, 0.2) is 15.9 Å². The normalized spacial score (nSPS) is 12.1. The van der Waals surface area contributed by atoms with Crippen molar-refractivity contribution < 1.29 is 4.79 Å². The van der Waals surface area contributed by atoms with Crippen LogP contribution in [0.3, 0.4) is 0 Å². The van der Waals surface area contributed by atoms with Gasteiger partial charge in [-0.05, 0) is 34.3 Å². The maximum absolute atomic E-state index is 11.6. The van der Waals surface area contributed by atoms with Gasteiger partial charge in [0.2, 0.25) is 0 Å². The van der Waals surface area contributed by atoms with Crippen molar-refractivity contribution >= 4 is 50.4 Å². The maximum Gasteiger partial charge on any atom is 0.263 e. The van der Waals surface area contributed by atoms with Gasteiger partial charge in [-0.2, -0.15) is 0 Å². The highest BCUT2D eigenvalue weighted by Crippen LogP contribution is 2.22. The highest BCUT2D eigenvalue weighted by atomic mass is 79.9. The summed E-state index contributed by atoms with van der Waals surface area (Å²) in [4.78, 5) is 12.5. The van der Waals surface area contributed by atoms with Gasteiger partial charge < -0.3 is 11.1 Å². The quantitative estimate of drug-likeness (QED) is 0.837. The van der Waals surface area contributed by atoms with Crippen molar-refractivity contribution in [3.05, 3.63) is 20.8 Å². The van der Waals surface area contributed by atoms with Crippen LogP contribution in [0.5, 0.6) is 0 Å². The average Bonchev–Trinajstić information content (AvgIpc) is 2.51. The average molecular weight is 293 g/mol. The molecule has 1 heterocycles. The Bertz CT molecular complexity index is 364. The molecule has 1 unspecified atom stereocenters. The lowest BCUT2D eigenvalue weighted by Crippen LogP contribution is -2.41. The third kappa shape index (κ3) is 2.76. The Labute approximate surface area is 99.8 Å². The standard InChI is InChI=1S/C8H9BrN2OS2/c1-4(7(10)13)11-8(12)6-5(9)2-3-14-6/h2-4H,1H3,(H2,10,13)(H,11,12). The Morgan fingerprint density at radius 1 is 1.79 bits per heavy atom. The summed E-state index contributed by atoms with van der Waals surface area (Å²) in [6.45, 7) is 1.75. The van der Waals surface area contributed by atoms with Crippen molar-refractivity contribution in [1.29, 1.82) is 0 Å². The summed E-state index contributed by atoms with van der Waals surface area (Å²) >= 11 is 9.40. The van der Waals surface area contributed by atoms with Crippen molar-refractivity contribution in [3.63, 3.8) is 0 Å². The largest absolute Gasteiger partial charge is 0.392 e. The molecule has 0 spiro atoms. The van der Waals surface area contributed by atoms with Gasteiger partial charge >= 0.3 is 0 Å². The van der Waals surface area contributed by atoms with E-state index >= 15 is 0 Å². The van der Waals surface area contributed by atoms with Gasteiger partial charge in [0.25, 0.3) is 5.91 Å². The molecule has 0 aliphatic rings. The predicted octanol–water partition coefficient (Wildman–Crippen LogP) is 1.92. The molecule has 0 fully saturated rings. The topological polar surface area (TPSA) is 55.1 Å². The van der Waals surface area contributed by atoms with Crippen LogP contribution in [0.25, 0.3) is 0 Å². The van der Waals surface area contributed by atoms with Crippen LogP contribution < -0.4 is 11.1 Å². The molecule has 1 aromatic heterocycles. The minimum Gasteiger partial charge on any atom is -0.392 e. The Balaban J connectivity index is 2.69. The second kappa shape index (κ2) is 4.86. The summed E-state index contributed by atoms with van der Waals surface area (Å²) in [5, 5.41) is 4.54. The van der Waals surface area contributed by atoms with Crippen molar-refractivity contribution in [3.8, 4) is 0 Å². The molecule has 0 radical (unpaired) electrons. The lowest BCUT2D eigenvalue weighted by atomic mass is 10.3. The van der Waals surface area contributed by atoms with E-state index in [2.05, 4.69) is 21.2 Å². The fraction of sp³-hybridized carbons (Fsp3) is 0.250. The number of hydrogen-bond acceptors (Lipinski definition) is 3. The van der Waals surface area contributed by atoms with Crippen LogP contribution in [0.1, 0.15) is 16.6 Å². The second-order valence-corrected chi connectivity index (χ2v) is 4.94. The van der Waals surface area contributed by atoms with Crippen molar-refractivity contribution in [2.75, 3.05) is 0 Å². The number of thiocarbonyl (C=S) groups is 1. The molecule has 1 atom stereocenters. The molecule has 0 aromatic carbocycles. The smallest absolute Gasteiger partial charge is 0.263 e. The monoisotopic (exact) mass is 292 g/mol. The number of amides is 1. The van der Waals surface area contributed by atoms with E-state index in [4.69, 9.17) is 18.0 Å². The Kier molecular flexibility index (Phi) is 4.03. The van der Waals surface area contributed by atoms with E-state index < -0.39 is 0 Å². The molecule has 1 rings (SSSR count). The van der Waals surface area contributed by atoms with Crippen molar-refractivity contribution in [2.45, 2.75) is 13.0 Å². The van der Waals surface area contributed by atoms with Gasteiger partial charge in [0.15, 0.2) is 0 Å². The van der Waals surface area contributed by atoms with Crippen LogP contribution in [0, 0.1) is 0 Å². The number of nitrogens with one attached hydrogen (secondary N) is 1. The van der Waals surface area contributed by atoms with Gasteiger partial charge in [-0.15, -0.1) is 11.3 Å². The molecule has 1 aromatic rings. The van der Waals surface area contributed by atoms with E-state index in [1.165, 1.54) is 11.3 Å². The Hall–Kier alpha value is -0.460. The van der Waals surface area contributed by atoms with Crippen LogP contribution >= 0.6 is 39.5 Å². The molecule has 1 amide bonds. The van der Waals surface area contributed by atoms with E-state index in [9.17, 15) is 4.79 Å². The first-order valence-corrected chi connectivity index (χ1v) is 5.93. The first-order chi connectivity index (χ1) is 6.52. The number of halogens is 1. The van der Waals surface area contributed by atoms with Gasteiger partial charge in [0.05, 0.1) is 11.0 Å². The van der Waals surface area contributed by atoms with Gasteiger partial charge in [-0.25, -0.2) is 0 Å². The van der Waals surface area contributed by atoms with Gasteiger partial charge in [0, 0.05) is 4.47 Å². The molecule has 6 heteroatoms. The summed E-state index contributed by atoms with van der Waals surface area (Å²) in [7, 11) is 0. The van der Waals surface area contributed by atoms with Gasteiger partial charge in [0.1, 0.15) is 4.88 Å². The third-order valence-electron chi connectivity index (χ3n) is 1.60. The minimum absolute atomic E-state index is 0.160. The number of carbonyl (C=O) groups excluding carboxylic acids is 1. The summed E-state index contributed by atoms with van der Waals surface area (Å²) < 4.78 is 0.787. The minimum atomic E-state index is -0.286. The molecular weight excluding hydrogens is 284 g/mol. The van der Waals surface area contributed by atoms with Crippen molar-refractivity contribution in [1.82, 2.24) is 5.32 Å². The zero-order valence-electron chi connectivity index (χ0n) is 7.41. The zero-order valence-corrected chi connectivity index (χ0v) is 10.6. The molecule has 3 N–H and O–H groups in total. The number of hydrogen-bond donors (Lipinski definition) is 2. The summed E-state index contributed by atoms with van der Waals surface area (Å²) in [5.41, 5.74) is 5.38. The van der Waals surface area contributed by atoms with Crippen LogP contribution in [-0.2, 0) is 0 Å². The summed E-state index contributed by atoms with van der Waals surface area (Å²) in [6.07, 6.45) is 0. The first-order valence-electron chi connectivity index (χ1n) is 3.85. The van der Waals surface area contributed by atoms with Crippen molar-refractivity contribution in [2.24, 2.45) is 5.73 Å². The lowest BCUT2D eigenvalue weighted by molar-refractivity contribution is 0.0952. The predicted molar refractivity (Wildman–Crippen MR) is 65.7 cm³/mol. The first kappa shape index (κ1) is 11.6. The molecule has 3 nitrogen and oxygen atoms in total. The number of carbonyl (C=O) groups is 1.